The molecule has 0 radical (unpaired) electrons. The Balaban J connectivity index is 1.37. The molecular weight excluding hydrogens is 340 g/mol. The van der Waals surface area contributed by atoms with Crippen molar-refractivity contribution in [1.82, 2.24) is 9.97 Å². The number of amides is 1. The van der Waals surface area contributed by atoms with E-state index in [2.05, 4.69) is 20.9 Å². The number of carbonyl (C=O) groups is 1. The van der Waals surface area contributed by atoms with E-state index >= 15 is 0 Å². The summed E-state index contributed by atoms with van der Waals surface area (Å²) in [7, 11) is 1.92. The second-order valence-corrected chi connectivity index (χ2v) is 7.59. The molecule has 1 aromatic heterocycles. The molecule has 7 heteroatoms. The van der Waals surface area contributed by atoms with Gasteiger partial charge in [-0.1, -0.05) is 12.1 Å². The minimum atomic E-state index is -0.548. The first-order chi connectivity index (χ1) is 13.2. The number of nitrogens with one attached hydrogen (secondary N) is 3. The van der Waals surface area contributed by atoms with E-state index in [9.17, 15) is 4.79 Å². The van der Waals surface area contributed by atoms with Gasteiger partial charge in [-0.25, -0.2) is 4.98 Å². The van der Waals surface area contributed by atoms with Gasteiger partial charge in [0.15, 0.2) is 0 Å². The smallest absolute Gasteiger partial charge is 0.250 e. The van der Waals surface area contributed by atoms with Gasteiger partial charge in [-0.3, -0.25) is 4.79 Å². The molecule has 0 unspecified atom stereocenters. The van der Waals surface area contributed by atoms with Crippen LogP contribution in [0.4, 0.5) is 23.1 Å². The summed E-state index contributed by atoms with van der Waals surface area (Å²) in [4.78, 5) is 24.6. The third-order valence-electron chi connectivity index (χ3n) is 6.04. The van der Waals surface area contributed by atoms with E-state index in [4.69, 9.17) is 9.97 Å². The lowest BCUT2D eigenvalue weighted by Crippen LogP contribution is -2.58. The fraction of sp³-hybridized carbons (Fsp3) is 0.450. The Hall–Kier alpha value is -2.83. The fourth-order valence-corrected chi connectivity index (χ4v) is 4.47. The predicted octanol–water partition coefficient (Wildman–Crippen LogP) is 2.41. The number of rotatable bonds is 2. The van der Waals surface area contributed by atoms with Crippen LogP contribution in [0.15, 0.2) is 24.3 Å². The number of anilines is 4. The van der Waals surface area contributed by atoms with Crippen LogP contribution in [-0.2, 0) is 17.6 Å². The van der Waals surface area contributed by atoms with Crippen LogP contribution in [0, 0.1) is 0 Å². The molecule has 5 rings (SSSR count). The van der Waals surface area contributed by atoms with Crippen molar-refractivity contribution in [2.45, 2.75) is 37.6 Å². The van der Waals surface area contributed by atoms with Crippen LogP contribution in [0.5, 0.6) is 0 Å². The van der Waals surface area contributed by atoms with E-state index < -0.39 is 5.54 Å². The van der Waals surface area contributed by atoms with Crippen LogP contribution in [0.1, 0.15) is 30.5 Å². The molecule has 3 N–H and O–H groups in total. The van der Waals surface area contributed by atoms with Crippen molar-refractivity contribution in [3.63, 3.8) is 0 Å². The van der Waals surface area contributed by atoms with Crippen LogP contribution in [0.3, 0.4) is 0 Å². The molecule has 0 bridgehead atoms. The largest absolute Gasteiger partial charge is 0.373 e. The van der Waals surface area contributed by atoms with Crippen molar-refractivity contribution < 1.29 is 4.79 Å². The van der Waals surface area contributed by atoms with Crippen LogP contribution in [0.2, 0.25) is 0 Å². The van der Waals surface area contributed by atoms with Crippen LogP contribution in [-0.4, -0.2) is 41.6 Å². The molecule has 140 valence electrons. The zero-order chi connectivity index (χ0) is 18.4. The maximum Gasteiger partial charge on any atom is 0.250 e. The first-order valence-corrected chi connectivity index (χ1v) is 9.70. The fourth-order valence-electron chi connectivity index (χ4n) is 4.47. The Morgan fingerprint density at radius 1 is 1.11 bits per heavy atom. The Morgan fingerprint density at radius 2 is 1.89 bits per heavy atom. The molecule has 3 heterocycles. The van der Waals surface area contributed by atoms with Crippen LogP contribution < -0.4 is 20.9 Å². The monoisotopic (exact) mass is 364 g/mol. The lowest BCUT2D eigenvalue weighted by atomic mass is 9.84. The molecule has 2 aliphatic heterocycles. The highest BCUT2D eigenvalue weighted by molar-refractivity contribution is 6.06. The quantitative estimate of drug-likeness (QED) is 0.759. The summed E-state index contributed by atoms with van der Waals surface area (Å²) in [5.74, 6) is 1.80. The molecule has 3 aliphatic rings. The number of para-hydroxylation sites is 2. The van der Waals surface area contributed by atoms with Gasteiger partial charge in [0.25, 0.3) is 0 Å². The van der Waals surface area contributed by atoms with Gasteiger partial charge in [0.2, 0.25) is 11.9 Å². The third-order valence-corrected chi connectivity index (χ3v) is 6.04. The summed E-state index contributed by atoms with van der Waals surface area (Å²) >= 11 is 0. The van der Waals surface area contributed by atoms with Gasteiger partial charge in [0, 0.05) is 25.7 Å². The molecule has 0 saturated carbocycles. The second kappa shape index (κ2) is 6.11. The van der Waals surface area contributed by atoms with E-state index in [1.54, 1.807) is 0 Å². The number of piperidine rings is 1. The van der Waals surface area contributed by atoms with E-state index in [1.165, 1.54) is 11.3 Å². The summed E-state index contributed by atoms with van der Waals surface area (Å²) in [5, 5.41) is 9.80. The van der Waals surface area contributed by atoms with E-state index in [0.717, 1.165) is 68.3 Å². The number of hydrogen-bond acceptors (Lipinski definition) is 6. The molecule has 1 fully saturated rings. The maximum atomic E-state index is 12.8. The topological polar surface area (TPSA) is 82.2 Å². The van der Waals surface area contributed by atoms with Crippen molar-refractivity contribution in [1.29, 1.82) is 0 Å². The van der Waals surface area contributed by atoms with Crippen LogP contribution in [0.25, 0.3) is 0 Å². The molecule has 1 saturated heterocycles. The Morgan fingerprint density at radius 3 is 2.67 bits per heavy atom. The lowest BCUT2D eigenvalue weighted by Gasteiger charge is -2.44. The SMILES string of the molecule is CNc1nc(N2CCC3(CC2)Nc2ccccc2NC3=O)nc2c1CCC2. The maximum absolute atomic E-state index is 12.8. The predicted molar refractivity (Wildman–Crippen MR) is 106 cm³/mol. The average molecular weight is 364 g/mol. The highest BCUT2D eigenvalue weighted by atomic mass is 16.2. The molecule has 27 heavy (non-hydrogen) atoms. The molecule has 7 nitrogen and oxygen atoms in total. The molecule has 1 amide bonds. The van der Waals surface area contributed by atoms with Gasteiger partial charge in [-0.05, 0) is 44.2 Å². The van der Waals surface area contributed by atoms with Gasteiger partial charge in [-0.2, -0.15) is 4.98 Å². The van der Waals surface area contributed by atoms with Crippen molar-refractivity contribution in [2.75, 3.05) is 41.0 Å². The number of hydrogen-bond donors (Lipinski definition) is 3. The average Bonchev–Trinajstić information content (AvgIpc) is 3.17. The Kier molecular flexibility index (Phi) is 3.70. The normalized spacial score (nSPS) is 19.9. The number of fused-ring (bicyclic) bond motifs is 2. The van der Waals surface area contributed by atoms with E-state index in [0.29, 0.717) is 0 Å². The van der Waals surface area contributed by atoms with E-state index in [-0.39, 0.29) is 5.91 Å². The minimum Gasteiger partial charge on any atom is -0.373 e. The second-order valence-electron chi connectivity index (χ2n) is 7.59. The molecular formula is C20H24N6O. The first-order valence-electron chi connectivity index (χ1n) is 9.70. The van der Waals surface area contributed by atoms with Crippen molar-refractivity contribution in [2.24, 2.45) is 0 Å². The van der Waals surface area contributed by atoms with Gasteiger partial charge in [0.1, 0.15) is 11.4 Å². The highest BCUT2D eigenvalue weighted by Gasteiger charge is 2.44. The Labute approximate surface area is 158 Å². The summed E-state index contributed by atoms with van der Waals surface area (Å²) in [6.45, 7) is 1.51. The van der Waals surface area contributed by atoms with Crippen molar-refractivity contribution in [3.8, 4) is 0 Å². The van der Waals surface area contributed by atoms with Gasteiger partial charge < -0.3 is 20.9 Å². The number of aromatic nitrogens is 2. The Bertz CT molecular complexity index is 903. The molecule has 1 aromatic carbocycles. The molecule has 2 aromatic rings. The molecule has 0 atom stereocenters. The summed E-state index contributed by atoms with van der Waals surface area (Å²) in [6, 6.07) is 7.88. The molecule has 1 aliphatic carbocycles. The number of aryl methyl sites for hydroxylation is 1. The number of carbonyl (C=O) groups excluding carboxylic acids is 1. The highest BCUT2D eigenvalue weighted by Crippen LogP contribution is 2.37. The van der Waals surface area contributed by atoms with Gasteiger partial charge >= 0.3 is 0 Å². The van der Waals surface area contributed by atoms with E-state index in [1.807, 2.05) is 31.3 Å². The summed E-state index contributed by atoms with van der Waals surface area (Å²) in [6.07, 6.45) is 4.68. The standard InChI is InChI=1S/C20H24N6O/c1-21-17-13-5-4-8-14(13)23-19(24-17)26-11-9-20(10-12-26)18(27)22-15-6-2-3-7-16(15)25-20/h2-3,6-7,25H,4-5,8-12H2,1H3,(H,22,27)(H,21,23,24). The lowest BCUT2D eigenvalue weighted by molar-refractivity contribution is -0.121. The molecule has 1 spiro atoms. The van der Waals surface area contributed by atoms with Crippen LogP contribution >= 0.6 is 0 Å². The zero-order valence-corrected chi connectivity index (χ0v) is 15.5. The summed E-state index contributed by atoms with van der Waals surface area (Å²) in [5.41, 5.74) is 3.74. The van der Waals surface area contributed by atoms with Gasteiger partial charge in [0.05, 0.1) is 17.1 Å². The minimum absolute atomic E-state index is 0.0617. The third kappa shape index (κ3) is 2.60. The zero-order valence-electron chi connectivity index (χ0n) is 15.5. The van der Waals surface area contributed by atoms with Gasteiger partial charge in [-0.15, -0.1) is 0 Å². The van der Waals surface area contributed by atoms with Crippen molar-refractivity contribution >= 4 is 29.0 Å². The number of benzene rings is 1. The number of nitrogens with zero attached hydrogens (tertiary/aromatic N) is 3. The summed E-state index contributed by atoms with van der Waals surface area (Å²) < 4.78 is 0. The van der Waals surface area contributed by atoms with Crippen molar-refractivity contribution in [3.05, 3.63) is 35.5 Å². The first kappa shape index (κ1) is 16.4.